The summed E-state index contributed by atoms with van der Waals surface area (Å²) in [6.07, 6.45) is 0. The first-order chi connectivity index (χ1) is 15.5. The summed E-state index contributed by atoms with van der Waals surface area (Å²) in [5.41, 5.74) is 2.22. The SMILES string of the molecule is O=C(O)c1ccc(COC(=O)c2cccc(C(=O)NCc3ccc4c(c3)OCO4)c2)cc1. The van der Waals surface area contributed by atoms with Crippen molar-refractivity contribution in [3.63, 3.8) is 0 Å². The third-order valence-corrected chi connectivity index (χ3v) is 4.82. The lowest BCUT2D eigenvalue weighted by atomic mass is 10.1. The Balaban J connectivity index is 1.34. The number of hydrogen-bond acceptors (Lipinski definition) is 6. The van der Waals surface area contributed by atoms with Crippen LogP contribution in [0.5, 0.6) is 11.5 Å². The van der Waals surface area contributed by atoms with E-state index in [9.17, 15) is 14.4 Å². The highest BCUT2D eigenvalue weighted by Crippen LogP contribution is 2.32. The normalized spacial score (nSPS) is 11.6. The summed E-state index contributed by atoms with van der Waals surface area (Å²) in [4.78, 5) is 35.8. The van der Waals surface area contributed by atoms with Gasteiger partial charge in [0.2, 0.25) is 6.79 Å². The minimum atomic E-state index is -1.03. The van der Waals surface area contributed by atoms with Crippen LogP contribution in [0.1, 0.15) is 42.2 Å². The fourth-order valence-corrected chi connectivity index (χ4v) is 3.10. The predicted molar refractivity (Wildman–Crippen MR) is 113 cm³/mol. The van der Waals surface area contributed by atoms with Crippen molar-refractivity contribution in [2.75, 3.05) is 6.79 Å². The van der Waals surface area contributed by atoms with E-state index in [1.54, 1.807) is 42.5 Å². The van der Waals surface area contributed by atoms with Crippen molar-refractivity contribution < 1.29 is 33.7 Å². The fourth-order valence-electron chi connectivity index (χ4n) is 3.10. The van der Waals surface area contributed by atoms with Gasteiger partial charge in [-0.1, -0.05) is 24.3 Å². The smallest absolute Gasteiger partial charge is 0.338 e. The molecule has 0 fully saturated rings. The Kier molecular flexibility index (Phi) is 6.03. The van der Waals surface area contributed by atoms with Gasteiger partial charge in [0.05, 0.1) is 11.1 Å². The molecular weight excluding hydrogens is 414 g/mol. The molecule has 0 aliphatic carbocycles. The number of carbonyl (C=O) groups excluding carboxylic acids is 2. The molecule has 0 radical (unpaired) electrons. The molecule has 32 heavy (non-hydrogen) atoms. The largest absolute Gasteiger partial charge is 0.478 e. The fraction of sp³-hybridized carbons (Fsp3) is 0.125. The summed E-state index contributed by atoms with van der Waals surface area (Å²) in [5.74, 6) is -0.635. The molecule has 0 atom stereocenters. The number of rotatable bonds is 7. The molecular formula is C24H19NO7. The van der Waals surface area contributed by atoms with E-state index in [4.69, 9.17) is 19.3 Å². The zero-order valence-corrected chi connectivity index (χ0v) is 16.9. The molecule has 0 saturated heterocycles. The first-order valence-corrected chi connectivity index (χ1v) is 9.76. The molecule has 2 N–H and O–H groups in total. The van der Waals surface area contributed by atoms with Gasteiger partial charge in [0, 0.05) is 12.1 Å². The third kappa shape index (κ3) is 4.86. The molecule has 3 aromatic carbocycles. The highest BCUT2D eigenvalue weighted by Gasteiger charge is 2.15. The summed E-state index contributed by atoms with van der Waals surface area (Å²) >= 11 is 0. The van der Waals surface area contributed by atoms with Crippen molar-refractivity contribution in [3.8, 4) is 11.5 Å². The van der Waals surface area contributed by atoms with E-state index in [0.29, 0.717) is 22.6 Å². The van der Waals surface area contributed by atoms with E-state index in [-0.39, 0.29) is 37.0 Å². The number of nitrogens with one attached hydrogen (secondary N) is 1. The van der Waals surface area contributed by atoms with Gasteiger partial charge in [0.15, 0.2) is 11.5 Å². The van der Waals surface area contributed by atoms with Crippen molar-refractivity contribution >= 4 is 17.8 Å². The summed E-state index contributed by atoms with van der Waals surface area (Å²) in [6, 6.07) is 17.7. The topological polar surface area (TPSA) is 111 Å². The van der Waals surface area contributed by atoms with Gasteiger partial charge in [0.25, 0.3) is 5.91 Å². The summed E-state index contributed by atoms with van der Waals surface area (Å²) < 4.78 is 15.9. The van der Waals surface area contributed by atoms with E-state index in [2.05, 4.69) is 5.32 Å². The summed E-state index contributed by atoms with van der Waals surface area (Å²) in [5, 5.41) is 11.7. The van der Waals surface area contributed by atoms with E-state index < -0.39 is 11.9 Å². The zero-order chi connectivity index (χ0) is 22.5. The number of aromatic carboxylic acids is 1. The molecule has 3 aromatic rings. The molecule has 1 amide bonds. The van der Waals surface area contributed by atoms with Crippen LogP contribution in [0, 0.1) is 0 Å². The van der Waals surface area contributed by atoms with Crippen molar-refractivity contribution in [2.45, 2.75) is 13.2 Å². The number of carboxylic acids is 1. The van der Waals surface area contributed by atoms with Crippen LogP contribution in [0.4, 0.5) is 0 Å². The number of carboxylic acid groups (broad SMARTS) is 1. The Hall–Kier alpha value is -4.33. The van der Waals surface area contributed by atoms with Gasteiger partial charge in [0.1, 0.15) is 6.61 Å². The van der Waals surface area contributed by atoms with Crippen molar-refractivity contribution in [3.05, 3.63) is 94.5 Å². The Morgan fingerprint density at radius 3 is 2.34 bits per heavy atom. The van der Waals surface area contributed by atoms with E-state index in [1.165, 1.54) is 18.2 Å². The van der Waals surface area contributed by atoms with Gasteiger partial charge in [-0.25, -0.2) is 9.59 Å². The maximum atomic E-state index is 12.5. The Bertz CT molecular complexity index is 1170. The number of ether oxygens (including phenoxy) is 3. The lowest BCUT2D eigenvalue weighted by Gasteiger charge is -2.09. The second-order valence-electron chi connectivity index (χ2n) is 7.03. The van der Waals surface area contributed by atoms with Crippen molar-refractivity contribution in [2.24, 2.45) is 0 Å². The number of amides is 1. The number of hydrogen-bond donors (Lipinski definition) is 2. The highest BCUT2D eigenvalue weighted by molar-refractivity contribution is 5.97. The van der Waals surface area contributed by atoms with Crippen molar-refractivity contribution in [1.82, 2.24) is 5.32 Å². The summed E-state index contributed by atoms with van der Waals surface area (Å²) in [6.45, 7) is 0.456. The second-order valence-corrected chi connectivity index (χ2v) is 7.03. The average molecular weight is 433 g/mol. The Labute approximate surface area is 183 Å². The third-order valence-electron chi connectivity index (χ3n) is 4.82. The van der Waals surface area contributed by atoms with Crippen molar-refractivity contribution in [1.29, 1.82) is 0 Å². The number of benzene rings is 3. The first kappa shape index (κ1) is 20.9. The molecule has 0 unspecified atom stereocenters. The molecule has 0 bridgehead atoms. The van der Waals surface area contributed by atoms with E-state index >= 15 is 0 Å². The van der Waals surface area contributed by atoms with Crippen LogP contribution in [0.25, 0.3) is 0 Å². The monoisotopic (exact) mass is 433 g/mol. The molecule has 8 nitrogen and oxygen atoms in total. The van der Waals surface area contributed by atoms with Gasteiger partial charge in [-0.05, 0) is 53.6 Å². The van der Waals surface area contributed by atoms with Crippen LogP contribution >= 0.6 is 0 Å². The number of fused-ring (bicyclic) bond motifs is 1. The Morgan fingerprint density at radius 2 is 1.56 bits per heavy atom. The average Bonchev–Trinajstić information content (AvgIpc) is 3.29. The Morgan fingerprint density at radius 1 is 0.844 bits per heavy atom. The van der Waals surface area contributed by atoms with Crippen LogP contribution in [-0.4, -0.2) is 29.7 Å². The molecule has 4 rings (SSSR count). The number of esters is 1. The molecule has 1 heterocycles. The standard InChI is InChI=1S/C24H19NO7/c26-22(25-12-16-6-9-20-21(10-16)32-14-31-20)18-2-1-3-19(11-18)24(29)30-13-15-4-7-17(8-5-15)23(27)28/h1-11H,12-14H2,(H,25,26)(H,27,28). The minimum Gasteiger partial charge on any atom is -0.478 e. The second kappa shape index (κ2) is 9.22. The highest BCUT2D eigenvalue weighted by atomic mass is 16.7. The molecule has 1 aliphatic heterocycles. The van der Waals surface area contributed by atoms with Gasteiger partial charge in [-0.3, -0.25) is 4.79 Å². The van der Waals surface area contributed by atoms with E-state index in [1.807, 2.05) is 6.07 Å². The van der Waals surface area contributed by atoms with Gasteiger partial charge in [-0.2, -0.15) is 0 Å². The van der Waals surface area contributed by atoms with E-state index in [0.717, 1.165) is 5.56 Å². The van der Waals surface area contributed by atoms with Gasteiger partial charge >= 0.3 is 11.9 Å². The van der Waals surface area contributed by atoms with Gasteiger partial charge in [-0.15, -0.1) is 0 Å². The lowest BCUT2D eigenvalue weighted by Crippen LogP contribution is -2.23. The molecule has 8 heteroatoms. The molecule has 0 aromatic heterocycles. The maximum absolute atomic E-state index is 12.5. The van der Waals surface area contributed by atoms with Crippen LogP contribution in [-0.2, 0) is 17.9 Å². The zero-order valence-electron chi connectivity index (χ0n) is 16.9. The number of carbonyl (C=O) groups is 3. The lowest BCUT2D eigenvalue weighted by molar-refractivity contribution is 0.0472. The van der Waals surface area contributed by atoms with Crippen LogP contribution in [0.3, 0.4) is 0 Å². The van der Waals surface area contributed by atoms with Crippen LogP contribution in [0.15, 0.2) is 66.7 Å². The quantitative estimate of drug-likeness (QED) is 0.550. The van der Waals surface area contributed by atoms with Gasteiger partial charge < -0.3 is 24.6 Å². The first-order valence-electron chi connectivity index (χ1n) is 9.76. The molecule has 0 saturated carbocycles. The van der Waals surface area contributed by atoms with Crippen LogP contribution in [0.2, 0.25) is 0 Å². The molecule has 1 aliphatic rings. The predicted octanol–water partition coefficient (Wildman–Crippen LogP) is 3.40. The maximum Gasteiger partial charge on any atom is 0.338 e. The minimum absolute atomic E-state index is 0.0146. The summed E-state index contributed by atoms with van der Waals surface area (Å²) in [7, 11) is 0. The van der Waals surface area contributed by atoms with Crippen LogP contribution < -0.4 is 14.8 Å². The molecule has 162 valence electrons. The molecule has 0 spiro atoms.